The summed E-state index contributed by atoms with van der Waals surface area (Å²) in [5, 5.41) is 2.39. The second-order valence-corrected chi connectivity index (χ2v) is 8.25. The van der Waals surface area contributed by atoms with Gasteiger partial charge in [0.2, 0.25) is 0 Å². The molecule has 1 heterocycles. The minimum Gasteiger partial charge on any atom is -0.489 e. The standard InChI is InChI=1S/C20H24ClNO3S/c1-2-7-15(13-8-4-3-5-9-13)25-16-11-6-10-14(18(16)21)12-17-19(23)22-20(24)26-17/h6,10-13,15H,2-5,7-9H2,1H3,(H,22,23,24)/b17-12+. The number of thioether (sulfide) groups is 1. The van der Waals surface area contributed by atoms with Gasteiger partial charge in [-0.05, 0) is 54.6 Å². The highest BCUT2D eigenvalue weighted by Gasteiger charge is 2.27. The van der Waals surface area contributed by atoms with Crippen LogP contribution in [0, 0.1) is 5.92 Å². The molecule has 3 rings (SSSR count). The smallest absolute Gasteiger partial charge is 0.290 e. The zero-order valence-electron chi connectivity index (χ0n) is 14.9. The van der Waals surface area contributed by atoms with E-state index in [1.54, 1.807) is 6.08 Å². The summed E-state index contributed by atoms with van der Waals surface area (Å²) in [6.07, 6.45) is 10.2. The first-order valence-electron chi connectivity index (χ1n) is 9.28. The highest BCUT2D eigenvalue weighted by atomic mass is 35.5. The van der Waals surface area contributed by atoms with Crippen LogP contribution in [0.4, 0.5) is 4.79 Å². The Kier molecular flexibility index (Phi) is 6.65. The average Bonchev–Trinajstić information content (AvgIpc) is 2.95. The van der Waals surface area contributed by atoms with Crippen LogP contribution in [0.3, 0.4) is 0 Å². The van der Waals surface area contributed by atoms with E-state index in [0.29, 0.717) is 27.2 Å². The zero-order chi connectivity index (χ0) is 18.5. The summed E-state index contributed by atoms with van der Waals surface area (Å²) in [4.78, 5) is 23.4. The quantitative estimate of drug-likeness (QED) is 0.621. The average molecular weight is 394 g/mol. The zero-order valence-corrected chi connectivity index (χ0v) is 16.5. The van der Waals surface area contributed by atoms with Crippen molar-refractivity contribution < 1.29 is 14.3 Å². The van der Waals surface area contributed by atoms with Crippen LogP contribution in [0.2, 0.25) is 5.02 Å². The third-order valence-corrected chi connectivity index (χ3v) is 6.16. The number of carbonyl (C=O) groups excluding carboxylic acids is 2. The SMILES string of the molecule is CCCC(Oc1cccc(/C=C2/SC(=O)NC2=O)c1Cl)C1CCCCC1. The Hall–Kier alpha value is -1.46. The summed E-state index contributed by atoms with van der Waals surface area (Å²) < 4.78 is 6.34. The fourth-order valence-electron chi connectivity index (χ4n) is 3.64. The van der Waals surface area contributed by atoms with Crippen molar-refractivity contribution in [2.45, 2.75) is 58.0 Å². The number of rotatable bonds is 6. The Bertz CT molecular complexity index is 713. The highest BCUT2D eigenvalue weighted by Crippen LogP contribution is 2.36. The molecule has 1 aliphatic carbocycles. The van der Waals surface area contributed by atoms with Crippen LogP contribution in [0.25, 0.3) is 6.08 Å². The Morgan fingerprint density at radius 2 is 2.08 bits per heavy atom. The van der Waals surface area contributed by atoms with Gasteiger partial charge < -0.3 is 4.74 Å². The molecule has 1 aliphatic heterocycles. The number of hydrogen-bond donors (Lipinski definition) is 1. The van der Waals surface area contributed by atoms with Crippen molar-refractivity contribution in [3.8, 4) is 5.75 Å². The lowest BCUT2D eigenvalue weighted by molar-refractivity contribution is -0.115. The first-order valence-corrected chi connectivity index (χ1v) is 10.5. The molecule has 140 valence electrons. The number of carbonyl (C=O) groups is 2. The van der Waals surface area contributed by atoms with Crippen LogP contribution in [-0.4, -0.2) is 17.3 Å². The minimum absolute atomic E-state index is 0.173. The molecule has 0 bridgehead atoms. The van der Waals surface area contributed by atoms with Crippen LogP contribution < -0.4 is 10.1 Å². The topological polar surface area (TPSA) is 55.4 Å². The molecule has 2 aliphatic rings. The predicted molar refractivity (Wildman–Crippen MR) is 106 cm³/mol. The maximum absolute atomic E-state index is 11.8. The van der Waals surface area contributed by atoms with Crippen LogP contribution in [0.1, 0.15) is 57.4 Å². The lowest BCUT2D eigenvalue weighted by Crippen LogP contribution is -2.28. The number of halogens is 1. The monoisotopic (exact) mass is 393 g/mol. The van der Waals surface area contributed by atoms with E-state index in [9.17, 15) is 9.59 Å². The highest BCUT2D eigenvalue weighted by molar-refractivity contribution is 8.18. The third kappa shape index (κ3) is 4.63. The maximum Gasteiger partial charge on any atom is 0.290 e. The Morgan fingerprint density at radius 1 is 1.31 bits per heavy atom. The molecule has 2 amide bonds. The number of benzene rings is 1. The Labute approximate surface area is 163 Å². The summed E-state index contributed by atoms with van der Waals surface area (Å²) in [6, 6.07) is 5.58. The van der Waals surface area contributed by atoms with Crippen LogP contribution in [0.15, 0.2) is 23.1 Å². The minimum atomic E-state index is -0.381. The van der Waals surface area contributed by atoms with Gasteiger partial charge in [0.25, 0.3) is 11.1 Å². The van der Waals surface area contributed by atoms with E-state index >= 15 is 0 Å². The number of ether oxygens (including phenoxy) is 1. The Morgan fingerprint density at radius 3 is 2.73 bits per heavy atom. The fourth-order valence-corrected chi connectivity index (χ4v) is 4.54. The van der Waals surface area contributed by atoms with Crippen molar-refractivity contribution in [3.63, 3.8) is 0 Å². The molecule has 1 aromatic carbocycles. The molecule has 1 atom stereocenters. The number of hydrogen-bond acceptors (Lipinski definition) is 4. The van der Waals surface area contributed by atoms with Crippen molar-refractivity contribution in [2.75, 3.05) is 0 Å². The maximum atomic E-state index is 11.8. The largest absolute Gasteiger partial charge is 0.489 e. The second-order valence-electron chi connectivity index (χ2n) is 6.85. The third-order valence-electron chi connectivity index (χ3n) is 4.95. The number of nitrogens with one attached hydrogen (secondary N) is 1. The summed E-state index contributed by atoms with van der Waals surface area (Å²) in [5.41, 5.74) is 0.690. The molecule has 6 heteroatoms. The summed E-state index contributed by atoms with van der Waals surface area (Å²) in [5.74, 6) is 0.851. The van der Waals surface area contributed by atoms with Crippen molar-refractivity contribution in [3.05, 3.63) is 33.7 Å². The number of amides is 2. The molecule has 4 nitrogen and oxygen atoms in total. The Balaban J connectivity index is 1.80. The van der Waals surface area contributed by atoms with Gasteiger partial charge in [-0.1, -0.05) is 56.3 Å². The van der Waals surface area contributed by atoms with Gasteiger partial charge >= 0.3 is 0 Å². The van der Waals surface area contributed by atoms with E-state index in [1.165, 1.54) is 32.1 Å². The van der Waals surface area contributed by atoms with Crippen LogP contribution in [0.5, 0.6) is 5.75 Å². The van der Waals surface area contributed by atoms with Gasteiger partial charge in [-0.3, -0.25) is 14.9 Å². The molecule has 0 spiro atoms. The first kappa shape index (κ1) is 19.3. The molecule has 1 saturated heterocycles. The molecule has 26 heavy (non-hydrogen) atoms. The van der Waals surface area contributed by atoms with Crippen molar-refractivity contribution in [1.82, 2.24) is 5.32 Å². The van der Waals surface area contributed by atoms with Crippen molar-refractivity contribution >= 4 is 40.6 Å². The van der Waals surface area contributed by atoms with E-state index in [4.69, 9.17) is 16.3 Å². The molecular weight excluding hydrogens is 370 g/mol. The molecule has 1 unspecified atom stereocenters. The van der Waals surface area contributed by atoms with Crippen LogP contribution >= 0.6 is 23.4 Å². The van der Waals surface area contributed by atoms with Gasteiger partial charge in [0.1, 0.15) is 11.9 Å². The van der Waals surface area contributed by atoms with Gasteiger partial charge in [0.15, 0.2) is 0 Å². The van der Waals surface area contributed by atoms with E-state index in [-0.39, 0.29) is 17.3 Å². The molecule has 2 fully saturated rings. The van der Waals surface area contributed by atoms with Gasteiger partial charge in [-0.25, -0.2) is 0 Å². The van der Waals surface area contributed by atoms with E-state index < -0.39 is 0 Å². The van der Waals surface area contributed by atoms with E-state index in [1.807, 2.05) is 18.2 Å². The summed E-state index contributed by atoms with van der Waals surface area (Å²) >= 11 is 7.45. The normalized spacial score (nSPS) is 21.1. The molecule has 0 radical (unpaired) electrons. The van der Waals surface area contributed by atoms with Crippen LogP contribution in [-0.2, 0) is 4.79 Å². The first-order chi connectivity index (χ1) is 12.6. The molecular formula is C20H24ClNO3S. The van der Waals surface area contributed by atoms with Gasteiger partial charge in [0.05, 0.1) is 9.93 Å². The van der Waals surface area contributed by atoms with Crippen molar-refractivity contribution in [1.29, 1.82) is 0 Å². The van der Waals surface area contributed by atoms with Gasteiger partial charge in [0, 0.05) is 0 Å². The van der Waals surface area contributed by atoms with Gasteiger partial charge in [-0.2, -0.15) is 0 Å². The summed E-state index contributed by atoms with van der Waals surface area (Å²) in [6.45, 7) is 2.18. The van der Waals surface area contributed by atoms with E-state index in [2.05, 4.69) is 12.2 Å². The summed E-state index contributed by atoms with van der Waals surface area (Å²) in [7, 11) is 0. The molecule has 1 saturated carbocycles. The lowest BCUT2D eigenvalue weighted by atomic mass is 9.83. The molecule has 0 aromatic heterocycles. The second kappa shape index (κ2) is 8.96. The van der Waals surface area contributed by atoms with E-state index in [0.717, 1.165) is 24.6 Å². The van der Waals surface area contributed by atoms with Crippen molar-refractivity contribution in [2.24, 2.45) is 5.92 Å². The predicted octanol–water partition coefficient (Wildman–Crippen LogP) is 5.79. The fraction of sp³-hybridized carbons (Fsp3) is 0.500. The molecule has 1 N–H and O–H groups in total. The van der Waals surface area contributed by atoms with Gasteiger partial charge in [-0.15, -0.1) is 0 Å². The molecule has 1 aromatic rings. The lowest BCUT2D eigenvalue weighted by Gasteiger charge is -2.31. The number of imide groups is 1.